The fourth-order valence-corrected chi connectivity index (χ4v) is 3.38. The molecule has 2 heterocycles. The average Bonchev–Trinajstić information content (AvgIpc) is 2.55. The molecular formula is C20H34N2. The van der Waals surface area contributed by atoms with Gasteiger partial charge in [-0.15, -0.1) is 0 Å². The standard InChI is InChI=1S/C20H34N2/c1-3-5-7-9-11-17-13-15-20-19(21-17)16-14-18(22-20)12-10-8-6-4-2/h13,15,18,22H,3-12,14,16H2,1-2H3/t18-/m1/s1. The Morgan fingerprint density at radius 2 is 1.77 bits per heavy atom. The van der Waals surface area contributed by atoms with Crippen molar-refractivity contribution in [2.24, 2.45) is 0 Å². The number of anilines is 1. The number of hydrogen-bond donors (Lipinski definition) is 1. The molecule has 1 aromatic rings. The van der Waals surface area contributed by atoms with Gasteiger partial charge in [0.25, 0.3) is 0 Å². The van der Waals surface area contributed by atoms with Gasteiger partial charge in [0.2, 0.25) is 0 Å². The zero-order valence-electron chi connectivity index (χ0n) is 14.7. The Bertz CT molecular complexity index is 428. The highest BCUT2D eigenvalue weighted by atomic mass is 15.0. The van der Waals surface area contributed by atoms with Crippen LogP contribution in [0.15, 0.2) is 12.1 Å². The summed E-state index contributed by atoms with van der Waals surface area (Å²) in [6, 6.07) is 5.17. The van der Waals surface area contributed by atoms with Crippen molar-refractivity contribution in [1.29, 1.82) is 0 Å². The third-order valence-corrected chi connectivity index (χ3v) is 4.81. The van der Waals surface area contributed by atoms with E-state index in [0.29, 0.717) is 6.04 Å². The molecular weight excluding hydrogens is 268 g/mol. The second-order valence-corrected chi connectivity index (χ2v) is 6.84. The monoisotopic (exact) mass is 302 g/mol. The van der Waals surface area contributed by atoms with E-state index in [1.807, 2.05) is 0 Å². The van der Waals surface area contributed by atoms with Gasteiger partial charge < -0.3 is 5.32 Å². The fourth-order valence-electron chi connectivity index (χ4n) is 3.38. The molecule has 0 aromatic carbocycles. The predicted octanol–water partition coefficient (Wildman–Crippen LogP) is 5.90. The average molecular weight is 303 g/mol. The summed E-state index contributed by atoms with van der Waals surface area (Å²) < 4.78 is 0. The lowest BCUT2D eigenvalue weighted by molar-refractivity contribution is 0.531. The van der Waals surface area contributed by atoms with Crippen molar-refractivity contribution in [3.63, 3.8) is 0 Å². The number of unbranched alkanes of at least 4 members (excludes halogenated alkanes) is 6. The van der Waals surface area contributed by atoms with E-state index >= 15 is 0 Å². The molecule has 22 heavy (non-hydrogen) atoms. The van der Waals surface area contributed by atoms with Crippen LogP contribution in [-0.4, -0.2) is 11.0 Å². The van der Waals surface area contributed by atoms with Gasteiger partial charge in [-0.3, -0.25) is 4.98 Å². The van der Waals surface area contributed by atoms with Crippen molar-refractivity contribution in [3.8, 4) is 0 Å². The van der Waals surface area contributed by atoms with E-state index in [1.165, 1.54) is 81.3 Å². The van der Waals surface area contributed by atoms with Gasteiger partial charge in [-0.2, -0.15) is 0 Å². The Hall–Kier alpha value is -1.05. The number of rotatable bonds is 10. The molecule has 0 bridgehead atoms. The zero-order chi connectivity index (χ0) is 15.6. The number of fused-ring (bicyclic) bond motifs is 1. The fraction of sp³-hybridized carbons (Fsp3) is 0.750. The molecule has 0 saturated heterocycles. The van der Waals surface area contributed by atoms with Crippen LogP contribution >= 0.6 is 0 Å². The van der Waals surface area contributed by atoms with E-state index in [1.54, 1.807) is 0 Å². The van der Waals surface area contributed by atoms with Crippen LogP contribution in [0.4, 0.5) is 5.69 Å². The number of aryl methyl sites for hydroxylation is 2. The van der Waals surface area contributed by atoms with Crippen molar-refractivity contribution in [2.45, 2.75) is 96.9 Å². The summed E-state index contributed by atoms with van der Waals surface area (Å²) in [6.45, 7) is 4.54. The van der Waals surface area contributed by atoms with Crippen LogP contribution in [0.1, 0.15) is 89.4 Å². The van der Waals surface area contributed by atoms with Crippen molar-refractivity contribution in [3.05, 3.63) is 23.5 Å². The first-order valence-electron chi connectivity index (χ1n) is 9.58. The number of pyridine rings is 1. The van der Waals surface area contributed by atoms with Crippen LogP contribution in [0.2, 0.25) is 0 Å². The van der Waals surface area contributed by atoms with Gasteiger partial charge in [-0.1, -0.05) is 58.8 Å². The minimum atomic E-state index is 0.668. The van der Waals surface area contributed by atoms with E-state index in [0.717, 1.165) is 12.8 Å². The molecule has 1 aromatic heterocycles. The smallest absolute Gasteiger partial charge is 0.0638 e. The maximum atomic E-state index is 4.89. The first-order valence-corrected chi connectivity index (χ1v) is 9.58. The predicted molar refractivity (Wildman–Crippen MR) is 96.6 cm³/mol. The first kappa shape index (κ1) is 17.3. The van der Waals surface area contributed by atoms with E-state index in [-0.39, 0.29) is 0 Å². The van der Waals surface area contributed by atoms with Crippen molar-refractivity contribution in [1.82, 2.24) is 4.98 Å². The van der Waals surface area contributed by atoms with Gasteiger partial charge in [0.1, 0.15) is 0 Å². The topological polar surface area (TPSA) is 24.9 Å². The maximum Gasteiger partial charge on any atom is 0.0638 e. The van der Waals surface area contributed by atoms with Gasteiger partial charge in [0.15, 0.2) is 0 Å². The zero-order valence-corrected chi connectivity index (χ0v) is 14.7. The van der Waals surface area contributed by atoms with Gasteiger partial charge in [0.05, 0.1) is 11.4 Å². The van der Waals surface area contributed by atoms with E-state index in [2.05, 4.69) is 31.3 Å². The Morgan fingerprint density at radius 1 is 1.00 bits per heavy atom. The largest absolute Gasteiger partial charge is 0.381 e. The lowest BCUT2D eigenvalue weighted by Gasteiger charge is -2.26. The SMILES string of the molecule is CCCCCCc1ccc2c(n1)CC[C@@H](CCCCCC)N2. The lowest BCUT2D eigenvalue weighted by Crippen LogP contribution is -2.26. The second kappa shape index (κ2) is 9.86. The summed E-state index contributed by atoms with van der Waals surface area (Å²) in [5, 5.41) is 3.71. The summed E-state index contributed by atoms with van der Waals surface area (Å²) in [6.07, 6.45) is 15.6. The molecule has 1 atom stereocenters. The van der Waals surface area contributed by atoms with Crippen molar-refractivity contribution >= 4 is 5.69 Å². The number of hydrogen-bond acceptors (Lipinski definition) is 2. The molecule has 0 fully saturated rings. The Labute approximate surface area is 137 Å². The molecule has 2 rings (SSSR count). The van der Waals surface area contributed by atoms with Gasteiger partial charge >= 0.3 is 0 Å². The summed E-state index contributed by atoms with van der Waals surface area (Å²) in [5.74, 6) is 0. The highest BCUT2D eigenvalue weighted by Crippen LogP contribution is 2.26. The third kappa shape index (κ3) is 5.62. The number of aromatic nitrogens is 1. The molecule has 0 amide bonds. The normalized spacial score (nSPS) is 17.1. The molecule has 0 saturated carbocycles. The van der Waals surface area contributed by atoms with E-state index in [4.69, 9.17) is 4.98 Å². The Morgan fingerprint density at radius 3 is 2.55 bits per heavy atom. The Kier molecular flexibility index (Phi) is 7.76. The maximum absolute atomic E-state index is 4.89. The molecule has 1 aliphatic rings. The van der Waals surface area contributed by atoms with Crippen LogP contribution in [-0.2, 0) is 12.8 Å². The molecule has 0 unspecified atom stereocenters. The highest BCUT2D eigenvalue weighted by molar-refractivity contribution is 5.51. The minimum absolute atomic E-state index is 0.668. The molecule has 2 nitrogen and oxygen atoms in total. The summed E-state index contributed by atoms with van der Waals surface area (Å²) in [5.41, 5.74) is 3.89. The second-order valence-electron chi connectivity index (χ2n) is 6.84. The van der Waals surface area contributed by atoms with Crippen molar-refractivity contribution < 1.29 is 0 Å². The molecule has 0 spiro atoms. The highest BCUT2D eigenvalue weighted by Gasteiger charge is 2.18. The Balaban J connectivity index is 1.78. The summed E-state index contributed by atoms with van der Waals surface area (Å²) in [7, 11) is 0. The van der Waals surface area contributed by atoms with E-state index in [9.17, 15) is 0 Å². The number of nitrogens with zero attached hydrogens (tertiary/aromatic N) is 1. The minimum Gasteiger partial charge on any atom is -0.381 e. The van der Waals surface area contributed by atoms with Gasteiger partial charge in [-0.05, 0) is 44.2 Å². The van der Waals surface area contributed by atoms with Crippen LogP contribution < -0.4 is 5.32 Å². The van der Waals surface area contributed by atoms with Crippen molar-refractivity contribution in [2.75, 3.05) is 5.32 Å². The van der Waals surface area contributed by atoms with Crippen LogP contribution in [0, 0.1) is 0 Å². The van der Waals surface area contributed by atoms with Gasteiger partial charge in [0, 0.05) is 11.7 Å². The molecule has 0 aliphatic carbocycles. The summed E-state index contributed by atoms with van der Waals surface area (Å²) in [4.78, 5) is 4.89. The van der Waals surface area contributed by atoms with Crippen LogP contribution in [0.25, 0.3) is 0 Å². The van der Waals surface area contributed by atoms with Gasteiger partial charge in [-0.25, -0.2) is 0 Å². The molecule has 0 radical (unpaired) electrons. The molecule has 124 valence electrons. The van der Waals surface area contributed by atoms with Crippen LogP contribution in [0.5, 0.6) is 0 Å². The molecule has 2 heteroatoms. The van der Waals surface area contributed by atoms with Crippen LogP contribution in [0.3, 0.4) is 0 Å². The van der Waals surface area contributed by atoms with E-state index < -0.39 is 0 Å². The summed E-state index contributed by atoms with van der Waals surface area (Å²) >= 11 is 0. The molecule has 1 N–H and O–H groups in total. The lowest BCUT2D eigenvalue weighted by atomic mass is 9.97. The third-order valence-electron chi connectivity index (χ3n) is 4.81. The number of nitrogens with one attached hydrogen (secondary N) is 1. The molecule has 1 aliphatic heterocycles. The quantitative estimate of drug-likeness (QED) is 0.544. The first-order chi connectivity index (χ1) is 10.8.